The van der Waals surface area contributed by atoms with Gasteiger partial charge in [-0.15, -0.1) is 0 Å². The number of carbonyl (C=O) groups is 1. The Morgan fingerprint density at radius 3 is 2.54 bits per heavy atom. The van der Waals surface area contributed by atoms with Crippen LogP contribution in [0.2, 0.25) is 10.0 Å². The minimum atomic E-state index is -3.72. The molecule has 2 aromatic rings. The predicted molar refractivity (Wildman–Crippen MR) is 110 cm³/mol. The third-order valence-electron chi connectivity index (χ3n) is 4.47. The first-order valence-electron chi connectivity index (χ1n) is 8.80. The van der Waals surface area contributed by atoms with E-state index in [-0.39, 0.29) is 10.5 Å². The van der Waals surface area contributed by atoms with Crippen molar-refractivity contribution in [3.63, 3.8) is 0 Å². The third-order valence-corrected chi connectivity index (χ3v) is 7.02. The molecule has 0 spiro atoms. The van der Waals surface area contributed by atoms with E-state index in [1.165, 1.54) is 16.4 Å². The van der Waals surface area contributed by atoms with Crippen molar-refractivity contribution in [1.29, 1.82) is 0 Å². The molecule has 2 aromatic carbocycles. The molecule has 1 saturated heterocycles. The lowest BCUT2D eigenvalue weighted by Gasteiger charge is -2.27. The lowest BCUT2D eigenvalue weighted by molar-refractivity contribution is 0.0730. The standard InChI is InChI=1S/C19H20Cl2N2O4S/c1-2-13-3-4-14(19(24)22-17-12-15(20)5-6-16(17)21)11-18(13)28(25,26)23-7-9-27-10-8-23/h3-6,11-12H,2,7-10H2,1H3,(H,22,24). The van der Waals surface area contributed by atoms with Gasteiger partial charge in [0.1, 0.15) is 0 Å². The summed E-state index contributed by atoms with van der Waals surface area (Å²) < 4.78 is 32.8. The zero-order valence-electron chi connectivity index (χ0n) is 15.2. The number of ether oxygens (including phenoxy) is 1. The van der Waals surface area contributed by atoms with E-state index in [4.69, 9.17) is 27.9 Å². The Morgan fingerprint density at radius 1 is 1.14 bits per heavy atom. The van der Waals surface area contributed by atoms with E-state index < -0.39 is 15.9 Å². The van der Waals surface area contributed by atoms with Crippen molar-refractivity contribution >= 4 is 44.8 Å². The minimum absolute atomic E-state index is 0.141. The van der Waals surface area contributed by atoms with Gasteiger partial charge in [0.05, 0.1) is 28.8 Å². The Hall–Kier alpha value is -1.64. The second-order valence-electron chi connectivity index (χ2n) is 6.27. The molecule has 1 amide bonds. The first kappa shape index (κ1) is 21.1. The maximum atomic E-state index is 13.1. The Balaban J connectivity index is 1.94. The van der Waals surface area contributed by atoms with E-state index in [9.17, 15) is 13.2 Å². The summed E-state index contributed by atoms with van der Waals surface area (Å²) in [5, 5.41) is 3.44. The number of carbonyl (C=O) groups excluding carboxylic acids is 1. The molecule has 9 heteroatoms. The van der Waals surface area contributed by atoms with Crippen molar-refractivity contribution < 1.29 is 17.9 Å². The van der Waals surface area contributed by atoms with Gasteiger partial charge >= 0.3 is 0 Å². The van der Waals surface area contributed by atoms with E-state index in [1.807, 2.05) is 6.92 Å². The van der Waals surface area contributed by atoms with Gasteiger partial charge in [0.2, 0.25) is 10.0 Å². The van der Waals surface area contributed by atoms with Gasteiger partial charge in [-0.2, -0.15) is 4.31 Å². The Labute approximate surface area is 174 Å². The van der Waals surface area contributed by atoms with Crippen LogP contribution in [-0.2, 0) is 21.2 Å². The van der Waals surface area contributed by atoms with Crippen LogP contribution in [0.4, 0.5) is 5.69 Å². The molecule has 1 aliphatic rings. The van der Waals surface area contributed by atoms with Crippen LogP contribution in [0, 0.1) is 0 Å². The highest BCUT2D eigenvalue weighted by Crippen LogP contribution is 2.27. The van der Waals surface area contributed by atoms with E-state index in [1.54, 1.807) is 24.3 Å². The number of nitrogens with zero attached hydrogens (tertiary/aromatic N) is 1. The summed E-state index contributed by atoms with van der Waals surface area (Å²) in [6.45, 7) is 3.17. The molecule has 0 aliphatic carbocycles. The number of benzene rings is 2. The average Bonchev–Trinajstić information content (AvgIpc) is 2.70. The Morgan fingerprint density at radius 2 is 1.86 bits per heavy atom. The largest absolute Gasteiger partial charge is 0.379 e. The monoisotopic (exact) mass is 442 g/mol. The number of hydrogen-bond acceptors (Lipinski definition) is 4. The van der Waals surface area contributed by atoms with Crippen LogP contribution in [0.15, 0.2) is 41.3 Å². The molecule has 0 radical (unpaired) electrons. The van der Waals surface area contributed by atoms with Crippen LogP contribution in [0.5, 0.6) is 0 Å². The third kappa shape index (κ3) is 4.50. The van der Waals surface area contributed by atoms with Crippen LogP contribution in [-0.4, -0.2) is 44.9 Å². The maximum Gasteiger partial charge on any atom is 0.255 e. The second-order valence-corrected chi connectivity index (χ2v) is 9.02. The average molecular weight is 443 g/mol. The molecular weight excluding hydrogens is 423 g/mol. The van der Waals surface area contributed by atoms with Gasteiger partial charge in [-0.25, -0.2) is 8.42 Å². The van der Waals surface area contributed by atoms with Crippen molar-refractivity contribution in [2.45, 2.75) is 18.2 Å². The smallest absolute Gasteiger partial charge is 0.255 e. The van der Waals surface area contributed by atoms with Gasteiger partial charge in [-0.3, -0.25) is 4.79 Å². The summed E-state index contributed by atoms with van der Waals surface area (Å²) in [6.07, 6.45) is 0.529. The van der Waals surface area contributed by atoms with E-state index >= 15 is 0 Å². The number of halogens is 2. The molecule has 0 unspecified atom stereocenters. The SMILES string of the molecule is CCc1ccc(C(=O)Nc2cc(Cl)ccc2Cl)cc1S(=O)(=O)N1CCOCC1. The predicted octanol–water partition coefficient (Wildman–Crippen LogP) is 3.83. The summed E-state index contributed by atoms with van der Waals surface area (Å²) in [7, 11) is -3.72. The number of amides is 1. The summed E-state index contributed by atoms with van der Waals surface area (Å²) >= 11 is 12.0. The molecule has 3 rings (SSSR count). The molecule has 1 aliphatic heterocycles. The number of rotatable bonds is 5. The molecule has 0 aromatic heterocycles. The van der Waals surface area contributed by atoms with Crippen molar-refractivity contribution in [1.82, 2.24) is 4.31 Å². The molecule has 0 bridgehead atoms. The highest BCUT2D eigenvalue weighted by atomic mass is 35.5. The van der Waals surface area contributed by atoms with E-state index in [0.717, 1.165) is 0 Å². The number of hydrogen-bond donors (Lipinski definition) is 1. The molecule has 150 valence electrons. The van der Waals surface area contributed by atoms with Gasteiger partial charge in [0.25, 0.3) is 5.91 Å². The Kier molecular flexibility index (Phi) is 6.62. The molecule has 1 N–H and O–H groups in total. The quantitative estimate of drug-likeness (QED) is 0.762. The molecule has 0 saturated carbocycles. The van der Waals surface area contributed by atoms with Gasteiger partial charge in [0.15, 0.2) is 0 Å². The lowest BCUT2D eigenvalue weighted by atomic mass is 10.1. The van der Waals surface area contributed by atoms with Crippen molar-refractivity contribution in [2.24, 2.45) is 0 Å². The first-order chi connectivity index (χ1) is 13.3. The fourth-order valence-corrected chi connectivity index (χ4v) is 5.01. The lowest BCUT2D eigenvalue weighted by Crippen LogP contribution is -2.41. The number of sulfonamides is 1. The molecule has 0 atom stereocenters. The topological polar surface area (TPSA) is 75.7 Å². The van der Waals surface area contributed by atoms with Crippen molar-refractivity contribution in [2.75, 3.05) is 31.6 Å². The van der Waals surface area contributed by atoms with Gasteiger partial charge in [-0.05, 0) is 42.3 Å². The van der Waals surface area contributed by atoms with Crippen LogP contribution in [0.3, 0.4) is 0 Å². The molecule has 6 nitrogen and oxygen atoms in total. The molecule has 28 heavy (non-hydrogen) atoms. The zero-order chi connectivity index (χ0) is 20.3. The highest BCUT2D eigenvalue weighted by Gasteiger charge is 2.29. The van der Waals surface area contributed by atoms with Crippen molar-refractivity contribution in [3.8, 4) is 0 Å². The van der Waals surface area contributed by atoms with E-state index in [0.29, 0.717) is 54.0 Å². The first-order valence-corrected chi connectivity index (χ1v) is 11.0. The number of aryl methyl sites for hydroxylation is 1. The summed E-state index contributed by atoms with van der Waals surface area (Å²) in [6, 6.07) is 9.41. The summed E-state index contributed by atoms with van der Waals surface area (Å²) in [5.41, 5.74) is 1.24. The highest BCUT2D eigenvalue weighted by molar-refractivity contribution is 7.89. The minimum Gasteiger partial charge on any atom is -0.379 e. The normalized spacial score (nSPS) is 15.4. The second kappa shape index (κ2) is 8.80. The fourth-order valence-electron chi connectivity index (χ4n) is 2.94. The van der Waals surface area contributed by atoms with Crippen LogP contribution in [0.25, 0.3) is 0 Å². The number of nitrogens with one attached hydrogen (secondary N) is 1. The fraction of sp³-hybridized carbons (Fsp3) is 0.316. The Bertz CT molecular complexity index is 989. The molecule has 1 heterocycles. The van der Waals surface area contributed by atoms with Crippen LogP contribution in [0.1, 0.15) is 22.8 Å². The van der Waals surface area contributed by atoms with Crippen LogP contribution < -0.4 is 5.32 Å². The molecular formula is C19H20Cl2N2O4S. The zero-order valence-corrected chi connectivity index (χ0v) is 17.6. The van der Waals surface area contributed by atoms with Gasteiger partial charge in [0, 0.05) is 23.7 Å². The molecule has 1 fully saturated rings. The number of anilines is 1. The summed E-state index contributed by atoms with van der Waals surface area (Å²) in [5.74, 6) is -0.467. The van der Waals surface area contributed by atoms with Crippen LogP contribution >= 0.6 is 23.2 Å². The van der Waals surface area contributed by atoms with Crippen molar-refractivity contribution in [3.05, 3.63) is 57.6 Å². The summed E-state index contributed by atoms with van der Waals surface area (Å²) in [4.78, 5) is 12.8. The number of morpholine rings is 1. The maximum absolute atomic E-state index is 13.1. The van der Waals surface area contributed by atoms with Gasteiger partial charge < -0.3 is 10.1 Å². The van der Waals surface area contributed by atoms with Gasteiger partial charge in [-0.1, -0.05) is 36.2 Å². The van der Waals surface area contributed by atoms with E-state index in [2.05, 4.69) is 5.32 Å².